The largest absolute Gasteiger partial charge is 0.352 e. The van der Waals surface area contributed by atoms with Gasteiger partial charge in [0.25, 0.3) is 0 Å². The minimum atomic E-state index is -3.83. The average Bonchev–Trinajstić information content (AvgIpc) is 2.89. The van der Waals surface area contributed by atoms with Crippen LogP contribution in [0.1, 0.15) is 51.3 Å². The van der Waals surface area contributed by atoms with Gasteiger partial charge in [-0.2, -0.15) is 0 Å². The average molecular weight is 598 g/mol. The van der Waals surface area contributed by atoms with Gasteiger partial charge in [-0.3, -0.25) is 13.9 Å². The molecule has 0 radical (unpaired) electrons. The topological polar surface area (TPSA) is 86.8 Å². The van der Waals surface area contributed by atoms with E-state index in [9.17, 15) is 18.0 Å². The zero-order chi connectivity index (χ0) is 30.4. The monoisotopic (exact) mass is 597 g/mol. The predicted octanol–water partition coefficient (Wildman–Crippen LogP) is 5.57. The van der Waals surface area contributed by atoms with Gasteiger partial charge in [0.1, 0.15) is 12.6 Å². The van der Waals surface area contributed by atoms with Gasteiger partial charge >= 0.3 is 0 Å². The summed E-state index contributed by atoms with van der Waals surface area (Å²) in [6.07, 6.45) is 1.34. The van der Waals surface area contributed by atoms with E-state index in [1.54, 1.807) is 36.4 Å². The fraction of sp³-hybridized carbons (Fsp3) is 0.375. The third kappa shape index (κ3) is 9.33. The molecule has 3 aromatic carbocycles. The van der Waals surface area contributed by atoms with Crippen molar-refractivity contribution in [3.05, 3.63) is 101 Å². The van der Waals surface area contributed by atoms with Gasteiger partial charge in [0, 0.05) is 24.0 Å². The van der Waals surface area contributed by atoms with E-state index >= 15 is 0 Å². The highest BCUT2D eigenvalue weighted by Crippen LogP contribution is 2.26. The summed E-state index contributed by atoms with van der Waals surface area (Å²) in [7, 11) is -3.83. The van der Waals surface area contributed by atoms with Gasteiger partial charge in [-0.05, 0) is 60.2 Å². The highest BCUT2D eigenvalue weighted by Gasteiger charge is 2.33. The van der Waals surface area contributed by atoms with E-state index in [4.69, 9.17) is 11.6 Å². The number of hydrogen-bond acceptors (Lipinski definition) is 4. The van der Waals surface area contributed by atoms with Crippen molar-refractivity contribution in [1.29, 1.82) is 0 Å². The molecule has 41 heavy (non-hydrogen) atoms. The van der Waals surface area contributed by atoms with E-state index in [0.29, 0.717) is 10.7 Å². The van der Waals surface area contributed by atoms with Crippen molar-refractivity contribution in [2.75, 3.05) is 17.1 Å². The fourth-order valence-electron chi connectivity index (χ4n) is 4.46. The second kappa shape index (κ2) is 13.5. The van der Waals surface area contributed by atoms with Crippen molar-refractivity contribution < 1.29 is 18.0 Å². The lowest BCUT2D eigenvalue weighted by molar-refractivity contribution is -0.140. The van der Waals surface area contributed by atoms with Gasteiger partial charge in [0.2, 0.25) is 21.8 Å². The molecule has 0 spiro atoms. The molecule has 2 amide bonds. The Labute approximate surface area is 249 Å². The maximum atomic E-state index is 14.1. The summed E-state index contributed by atoms with van der Waals surface area (Å²) in [5, 5.41) is 3.49. The third-order valence-electron chi connectivity index (χ3n) is 6.67. The first-order valence-corrected chi connectivity index (χ1v) is 15.8. The maximum Gasteiger partial charge on any atom is 0.244 e. The van der Waals surface area contributed by atoms with Crippen molar-refractivity contribution in [3.63, 3.8) is 0 Å². The number of halogens is 1. The minimum Gasteiger partial charge on any atom is -0.352 e. The van der Waals surface area contributed by atoms with Crippen molar-refractivity contribution in [2.24, 2.45) is 0 Å². The molecule has 0 aliphatic carbocycles. The molecule has 3 aromatic rings. The molecule has 0 bridgehead atoms. The Morgan fingerprint density at radius 2 is 1.46 bits per heavy atom. The lowest BCUT2D eigenvalue weighted by atomic mass is 9.87. The summed E-state index contributed by atoms with van der Waals surface area (Å²) in [5.74, 6) is -0.809. The molecule has 0 fully saturated rings. The second-order valence-electron chi connectivity index (χ2n) is 11.6. The Morgan fingerprint density at radius 1 is 0.878 bits per heavy atom. The number of rotatable bonds is 11. The number of nitrogens with one attached hydrogen (secondary N) is 1. The van der Waals surface area contributed by atoms with E-state index in [0.717, 1.165) is 27.3 Å². The van der Waals surface area contributed by atoms with Crippen molar-refractivity contribution >= 4 is 39.1 Å². The zero-order valence-corrected chi connectivity index (χ0v) is 26.2. The predicted molar refractivity (Wildman–Crippen MR) is 167 cm³/mol. The SMILES string of the molecule is CC(C)NC(=O)[C@@H](Cc1ccccc1)N(Cc1ccc(Cl)cc1)C(=O)CN(c1ccc(C(C)(C)C)cc1)S(C)(=O)=O. The molecule has 0 aromatic heterocycles. The van der Waals surface area contributed by atoms with Gasteiger partial charge in [0.15, 0.2) is 0 Å². The fourth-order valence-corrected chi connectivity index (χ4v) is 5.44. The van der Waals surface area contributed by atoms with Gasteiger partial charge in [0.05, 0.1) is 11.9 Å². The van der Waals surface area contributed by atoms with Gasteiger partial charge in [-0.1, -0.05) is 87.0 Å². The lowest BCUT2D eigenvalue weighted by Gasteiger charge is -2.34. The van der Waals surface area contributed by atoms with Crippen LogP contribution in [0.15, 0.2) is 78.9 Å². The van der Waals surface area contributed by atoms with Crippen molar-refractivity contribution in [3.8, 4) is 0 Å². The van der Waals surface area contributed by atoms with Crippen LogP contribution in [0.2, 0.25) is 5.02 Å². The van der Waals surface area contributed by atoms with Crippen LogP contribution in [0.4, 0.5) is 5.69 Å². The normalized spacial score (nSPS) is 12.6. The number of anilines is 1. The van der Waals surface area contributed by atoms with Gasteiger partial charge < -0.3 is 10.2 Å². The zero-order valence-electron chi connectivity index (χ0n) is 24.6. The molecule has 3 rings (SSSR count). The Hall–Kier alpha value is -3.36. The van der Waals surface area contributed by atoms with Crippen LogP contribution in [0.25, 0.3) is 0 Å². The van der Waals surface area contributed by atoms with Crippen LogP contribution >= 0.6 is 11.6 Å². The second-order valence-corrected chi connectivity index (χ2v) is 13.9. The third-order valence-corrected chi connectivity index (χ3v) is 8.06. The Morgan fingerprint density at radius 3 is 1.98 bits per heavy atom. The molecule has 7 nitrogen and oxygen atoms in total. The first kappa shape index (κ1) is 32.2. The van der Waals surface area contributed by atoms with E-state index in [-0.39, 0.29) is 30.3 Å². The molecule has 0 aliphatic heterocycles. The van der Waals surface area contributed by atoms with Crippen molar-refractivity contribution in [1.82, 2.24) is 10.2 Å². The highest BCUT2D eigenvalue weighted by molar-refractivity contribution is 7.92. The molecule has 9 heteroatoms. The molecule has 0 heterocycles. The Kier molecular flexibility index (Phi) is 10.6. The first-order valence-electron chi connectivity index (χ1n) is 13.6. The van der Waals surface area contributed by atoms with Crippen LogP contribution < -0.4 is 9.62 Å². The summed E-state index contributed by atoms with van der Waals surface area (Å²) in [6, 6.07) is 22.6. The summed E-state index contributed by atoms with van der Waals surface area (Å²) < 4.78 is 27.0. The summed E-state index contributed by atoms with van der Waals surface area (Å²) in [5.41, 5.74) is 2.94. The first-order chi connectivity index (χ1) is 19.1. The molecular formula is C32H40ClN3O4S. The number of hydrogen-bond donors (Lipinski definition) is 1. The number of amides is 2. The molecule has 1 atom stereocenters. The standard InChI is InChI=1S/C32H40ClN3O4S/c1-23(2)34-31(38)29(20-24-10-8-7-9-11-24)35(21-25-12-16-27(33)17-13-25)30(37)22-36(41(6,39)40)28-18-14-26(15-19-28)32(3,4)5/h7-19,23,29H,20-22H2,1-6H3,(H,34,38)/t29-/m1/s1. The van der Waals surface area contributed by atoms with Crippen LogP contribution in [-0.2, 0) is 38.0 Å². The van der Waals surface area contributed by atoms with E-state index in [1.807, 2.05) is 56.3 Å². The summed E-state index contributed by atoms with van der Waals surface area (Å²) in [6.45, 7) is 9.57. The summed E-state index contributed by atoms with van der Waals surface area (Å²) in [4.78, 5) is 29.1. The molecule has 220 valence electrons. The van der Waals surface area contributed by atoms with Gasteiger partial charge in [-0.15, -0.1) is 0 Å². The molecule has 1 N–H and O–H groups in total. The van der Waals surface area contributed by atoms with Crippen LogP contribution in [0.3, 0.4) is 0 Å². The molecule has 0 saturated carbocycles. The number of nitrogens with zero attached hydrogens (tertiary/aromatic N) is 2. The van der Waals surface area contributed by atoms with Gasteiger partial charge in [-0.25, -0.2) is 8.42 Å². The maximum absolute atomic E-state index is 14.1. The molecule has 0 saturated heterocycles. The van der Waals surface area contributed by atoms with Crippen molar-refractivity contribution in [2.45, 2.75) is 65.1 Å². The lowest BCUT2D eigenvalue weighted by Crippen LogP contribution is -2.54. The van der Waals surface area contributed by atoms with Crippen LogP contribution in [0.5, 0.6) is 0 Å². The number of benzene rings is 3. The number of carbonyl (C=O) groups excluding carboxylic acids is 2. The number of sulfonamides is 1. The Bertz CT molecular complexity index is 1420. The molecule has 0 unspecified atom stereocenters. The van der Waals surface area contributed by atoms with E-state index < -0.39 is 28.5 Å². The quantitative estimate of drug-likeness (QED) is 0.313. The molecular weight excluding hydrogens is 558 g/mol. The minimum absolute atomic E-state index is 0.0968. The van der Waals surface area contributed by atoms with E-state index in [1.165, 1.54) is 4.90 Å². The molecule has 0 aliphatic rings. The number of carbonyl (C=O) groups is 2. The Balaban J connectivity index is 2.04. The highest BCUT2D eigenvalue weighted by atomic mass is 35.5. The smallest absolute Gasteiger partial charge is 0.244 e. The van der Waals surface area contributed by atoms with Crippen LogP contribution in [-0.4, -0.2) is 50.0 Å². The van der Waals surface area contributed by atoms with E-state index in [2.05, 4.69) is 26.1 Å². The summed E-state index contributed by atoms with van der Waals surface area (Å²) >= 11 is 6.10. The van der Waals surface area contributed by atoms with Crippen LogP contribution in [0, 0.1) is 0 Å².